The maximum atomic E-state index is 5.40. The van der Waals surface area contributed by atoms with Crippen LogP contribution in [0.3, 0.4) is 0 Å². The van der Waals surface area contributed by atoms with Gasteiger partial charge in [0.25, 0.3) is 0 Å². The van der Waals surface area contributed by atoms with Crippen molar-refractivity contribution in [3.63, 3.8) is 0 Å². The number of rotatable bonds is 3. The highest BCUT2D eigenvalue weighted by molar-refractivity contribution is 5.97. The summed E-state index contributed by atoms with van der Waals surface area (Å²) in [6.45, 7) is 0. The molecule has 4 aliphatic carbocycles. The number of aromatic nitrogens is 3. The fourth-order valence-corrected chi connectivity index (χ4v) is 11.8. The Balaban J connectivity index is 0.987. The molecule has 0 radical (unpaired) electrons. The molecular weight excluding hydrogens is 751 g/mol. The van der Waals surface area contributed by atoms with Crippen molar-refractivity contribution in [3.8, 4) is 78.7 Å². The van der Waals surface area contributed by atoms with Crippen LogP contribution in [0.4, 0.5) is 0 Å². The van der Waals surface area contributed by atoms with E-state index in [1.54, 1.807) is 0 Å². The molecule has 4 aliphatic rings. The predicted octanol–water partition coefficient (Wildman–Crippen LogP) is 13.6. The zero-order valence-corrected chi connectivity index (χ0v) is 33.5. The van der Waals surface area contributed by atoms with E-state index in [-0.39, 0.29) is 0 Å². The van der Waals surface area contributed by atoms with Crippen LogP contribution >= 0.6 is 0 Å². The fraction of sp³-hybridized carbons (Fsp3) is 0.0339. The lowest BCUT2D eigenvalue weighted by molar-refractivity contribution is 0.793. The second-order valence-electron chi connectivity index (χ2n) is 17.0. The van der Waals surface area contributed by atoms with Gasteiger partial charge in [0.15, 0.2) is 17.5 Å². The normalized spacial score (nSPS) is 14.4. The van der Waals surface area contributed by atoms with Gasteiger partial charge in [-0.3, -0.25) is 0 Å². The molecule has 62 heavy (non-hydrogen) atoms. The van der Waals surface area contributed by atoms with E-state index in [2.05, 4.69) is 194 Å². The standard InChI is InChI=1S/C59H35N3/c1-2-16-36(17-3-1)55-60-56(37-31-33-53-46(34-37)44-23-9-15-29-52(44)58(53)47-24-10-4-18-39(47)40-19-5-11-25-48(40)58)62-57(61-55)38-30-32-45-43-22-8-14-28-51(43)59(54(45)35-38)49-26-12-6-20-41(49)42-21-7-13-27-50(42)59/h1-35H. The SMILES string of the molecule is c1ccc(-c2nc(-c3ccc4c(c3)-c3ccccc3C43c4ccccc4-c4ccccc43)nc(-c3ccc4c(c3)C3(c5ccccc5-c5ccccc53)c3ccccc3-4)n2)cc1. The van der Waals surface area contributed by atoms with Gasteiger partial charge in [-0.25, -0.2) is 15.0 Å². The zero-order valence-electron chi connectivity index (χ0n) is 33.5. The van der Waals surface area contributed by atoms with E-state index in [0.717, 1.165) is 16.7 Å². The number of hydrogen-bond donors (Lipinski definition) is 0. The van der Waals surface area contributed by atoms with Crippen molar-refractivity contribution in [2.24, 2.45) is 0 Å². The van der Waals surface area contributed by atoms with Crippen LogP contribution in [-0.4, -0.2) is 15.0 Å². The molecule has 0 saturated carbocycles. The van der Waals surface area contributed by atoms with Crippen LogP contribution in [0.25, 0.3) is 78.7 Å². The minimum atomic E-state index is -0.464. The van der Waals surface area contributed by atoms with Crippen molar-refractivity contribution >= 4 is 0 Å². The number of benzene rings is 9. The highest BCUT2D eigenvalue weighted by atomic mass is 15.0. The third-order valence-corrected chi connectivity index (χ3v) is 14.2. The first-order chi connectivity index (χ1) is 30.7. The number of nitrogens with zero attached hydrogens (tertiary/aromatic N) is 3. The first-order valence-electron chi connectivity index (χ1n) is 21.4. The summed E-state index contributed by atoms with van der Waals surface area (Å²) >= 11 is 0. The quantitative estimate of drug-likeness (QED) is 0.179. The molecule has 286 valence electrons. The summed E-state index contributed by atoms with van der Waals surface area (Å²) in [6.07, 6.45) is 0. The maximum absolute atomic E-state index is 5.40. The van der Waals surface area contributed by atoms with Crippen molar-refractivity contribution < 1.29 is 0 Å². The number of fused-ring (bicyclic) bond motifs is 20. The van der Waals surface area contributed by atoms with Gasteiger partial charge in [-0.05, 0) is 101 Å². The lowest BCUT2D eigenvalue weighted by Gasteiger charge is -2.30. The van der Waals surface area contributed by atoms with Crippen LogP contribution in [0, 0.1) is 0 Å². The minimum absolute atomic E-state index is 0.410. The molecule has 0 saturated heterocycles. The first-order valence-corrected chi connectivity index (χ1v) is 21.4. The third kappa shape index (κ3) is 4.17. The van der Waals surface area contributed by atoms with Gasteiger partial charge >= 0.3 is 0 Å². The predicted molar refractivity (Wildman–Crippen MR) is 249 cm³/mol. The highest BCUT2D eigenvalue weighted by Gasteiger charge is 2.53. The smallest absolute Gasteiger partial charge is 0.164 e. The van der Waals surface area contributed by atoms with Crippen molar-refractivity contribution in [1.29, 1.82) is 0 Å². The summed E-state index contributed by atoms with van der Waals surface area (Å²) in [4.78, 5) is 15.9. The number of hydrogen-bond acceptors (Lipinski definition) is 3. The maximum Gasteiger partial charge on any atom is 0.164 e. The molecule has 9 aromatic carbocycles. The highest BCUT2D eigenvalue weighted by Crippen LogP contribution is 2.64. The van der Waals surface area contributed by atoms with E-state index in [0.29, 0.717) is 17.5 Å². The van der Waals surface area contributed by atoms with E-state index in [1.165, 1.54) is 89.0 Å². The monoisotopic (exact) mass is 785 g/mol. The molecule has 10 aromatic rings. The Labute approximate surface area is 359 Å². The van der Waals surface area contributed by atoms with E-state index in [9.17, 15) is 0 Å². The molecule has 0 atom stereocenters. The molecular formula is C59H35N3. The van der Waals surface area contributed by atoms with Crippen molar-refractivity contribution in [2.45, 2.75) is 10.8 Å². The summed E-state index contributed by atoms with van der Waals surface area (Å²) < 4.78 is 0. The van der Waals surface area contributed by atoms with E-state index < -0.39 is 10.8 Å². The second kappa shape index (κ2) is 12.3. The van der Waals surface area contributed by atoms with Crippen LogP contribution in [-0.2, 0) is 10.8 Å². The topological polar surface area (TPSA) is 38.7 Å². The summed E-state index contributed by atoms with van der Waals surface area (Å²) in [5, 5.41) is 0. The Morgan fingerprint density at radius 1 is 0.210 bits per heavy atom. The molecule has 0 aliphatic heterocycles. The molecule has 2 spiro atoms. The Bertz CT molecular complexity index is 3440. The summed E-state index contributed by atoms with van der Waals surface area (Å²) in [6, 6.07) is 77.7. The van der Waals surface area contributed by atoms with Crippen molar-refractivity contribution in [1.82, 2.24) is 15.0 Å². The van der Waals surface area contributed by atoms with Gasteiger partial charge in [0.05, 0.1) is 10.8 Å². The second-order valence-corrected chi connectivity index (χ2v) is 17.0. The minimum Gasteiger partial charge on any atom is -0.208 e. The largest absolute Gasteiger partial charge is 0.208 e. The van der Waals surface area contributed by atoms with E-state index >= 15 is 0 Å². The average molecular weight is 786 g/mol. The fourth-order valence-electron chi connectivity index (χ4n) is 11.8. The molecule has 3 nitrogen and oxygen atoms in total. The summed E-state index contributed by atoms with van der Waals surface area (Å²) in [5.74, 6) is 1.95. The van der Waals surface area contributed by atoms with Gasteiger partial charge in [-0.1, -0.05) is 200 Å². The third-order valence-electron chi connectivity index (χ3n) is 14.2. The van der Waals surface area contributed by atoms with Crippen molar-refractivity contribution in [2.75, 3.05) is 0 Å². The molecule has 0 fully saturated rings. The van der Waals surface area contributed by atoms with Gasteiger partial charge < -0.3 is 0 Å². The summed E-state index contributed by atoms with van der Waals surface area (Å²) in [5.41, 5.74) is 22.6. The zero-order chi connectivity index (χ0) is 40.6. The molecule has 3 heteroatoms. The average Bonchev–Trinajstić information content (AvgIpc) is 4.03. The van der Waals surface area contributed by atoms with Gasteiger partial charge in [0.1, 0.15) is 0 Å². The molecule has 1 aromatic heterocycles. The lowest BCUT2D eigenvalue weighted by atomic mass is 9.70. The Hall–Kier alpha value is -8.01. The van der Waals surface area contributed by atoms with Crippen LogP contribution < -0.4 is 0 Å². The van der Waals surface area contributed by atoms with E-state index in [1.807, 2.05) is 18.2 Å². The van der Waals surface area contributed by atoms with Crippen LogP contribution in [0.2, 0.25) is 0 Å². The van der Waals surface area contributed by atoms with E-state index in [4.69, 9.17) is 15.0 Å². The lowest BCUT2D eigenvalue weighted by Crippen LogP contribution is -2.25. The molecule has 1 heterocycles. The Morgan fingerprint density at radius 2 is 0.516 bits per heavy atom. The molecule has 0 unspecified atom stereocenters. The molecule has 0 N–H and O–H groups in total. The van der Waals surface area contributed by atoms with Crippen LogP contribution in [0.5, 0.6) is 0 Å². The van der Waals surface area contributed by atoms with Gasteiger partial charge in [0, 0.05) is 16.7 Å². The van der Waals surface area contributed by atoms with Crippen LogP contribution in [0.1, 0.15) is 44.5 Å². The van der Waals surface area contributed by atoms with Crippen molar-refractivity contribution in [3.05, 3.63) is 257 Å². The molecule has 0 bridgehead atoms. The van der Waals surface area contributed by atoms with Crippen LogP contribution in [0.15, 0.2) is 212 Å². The van der Waals surface area contributed by atoms with Gasteiger partial charge in [0.2, 0.25) is 0 Å². The summed E-state index contributed by atoms with van der Waals surface area (Å²) in [7, 11) is 0. The van der Waals surface area contributed by atoms with Gasteiger partial charge in [-0.2, -0.15) is 0 Å². The Morgan fingerprint density at radius 3 is 0.968 bits per heavy atom. The molecule has 0 amide bonds. The van der Waals surface area contributed by atoms with Gasteiger partial charge in [-0.15, -0.1) is 0 Å². The first kappa shape index (κ1) is 33.8. The molecule has 14 rings (SSSR count). The Kier molecular flexibility index (Phi) is 6.69.